The highest BCUT2D eigenvalue weighted by atomic mass is 32.2. The summed E-state index contributed by atoms with van der Waals surface area (Å²) in [6.45, 7) is 3.69. The zero-order valence-electron chi connectivity index (χ0n) is 24.8. The molecule has 0 amide bonds. The largest absolute Gasteiger partial charge is 0.437 e. The number of nitrogens with zero attached hydrogens (tertiary/aromatic N) is 4. The van der Waals surface area contributed by atoms with Crippen LogP contribution < -0.4 is 20.1 Å². The van der Waals surface area contributed by atoms with E-state index in [1.165, 1.54) is 6.07 Å². The molecule has 4 heterocycles. The van der Waals surface area contributed by atoms with Crippen molar-refractivity contribution in [2.24, 2.45) is 0 Å². The first-order valence-electron chi connectivity index (χ1n) is 14.8. The summed E-state index contributed by atoms with van der Waals surface area (Å²) in [6.07, 6.45) is 5.40. The second-order valence-electron chi connectivity index (χ2n) is 11.1. The molecule has 0 aliphatic carbocycles. The molecule has 234 valence electrons. The van der Waals surface area contributed by atoms with Crippen molar-refractivity contribution < 1.29 is 22.1 Å². The summed E-state index contributed by atoms with van der Waals surface area (Å²) >= 11 is 0. The maximum atomic E-state index is 15.3. The number of nitrogens with one attached hydrogen (secondary N) is 3. The number of para-hydroxylation sites is 1. The third-order valence-corrected chi connectivity index (χ3v) is 9.03. The van der Waals surface area contributed by atoms with Crippen LogP contribution in [0, 0.1) is 12.7 Å². The van der Waals surface area contributed by atoms with Crippen molar-refractivity contribution in [1.29, 1.82) is 0 Å². The van der Waals surface area contributed by atoms with Crippen LogP contribution in [-0.2, 0) is 15.8 Å². The average molecular weight is 640 g/mol. The molecule has 3 aromatic heterocycles. The number of fused-ring (bicyclic) bond motifs is 2. The standard InChI is InChI=1S/C33H30FN7O4S/c1-20-10-11-22-23(12-13-26(34)30(22)41-46(42,43)19-28-24-7-2-3-9-29(24)45-40-28)31(20)44-32-25(8-5-16-36-32)27-14-17-37-33(39-27)38-21-6-4-15-35-18-21/h2-3,5,7-14,16-17,21,35,41H,4,6,15,18-19H2,1H3,(H,37,38,39)/t21-/m0/s1. The Bertz CT molecular complexity index is 2170. The molecule has 46 heavy (non-hydrogen) atoms. The van der Waals surface area contributed by atoms with Crippen molar-refractivity contribution in [3.05, 3.63) is 96.2 Å². The van der Waals surface area contributed by atoms with Gasteiger partial charge in [-0.25, -0.2) is 27.8 Å². The monoisotopic (exact) mass is 639 g/mol. The number of piperidine rings is 1. The van der Waals surface area contributed by atoms with Gasteiger partial charge in [-0.15, -0.1) is 0 Å². The number of rotatable bonds is 9. The lowest BCUT2D eigenvalue weighted by atomic mass is 10.0. The SMILES string of the molecule is Cc1ccc2c(NS(=O)(=O)Cc3noc4ccccc34)c(F)ccc2c1Oc1ncccc1-c1ccnc(N[C@H]2CCCNC2)n1. The van der Waals surface area contributed by atoms with Gasteiger partial charge in [0.2, 0.25) is 21.9 Å². The van der Waals surface area contributed by atoms with Crippen LogP contribution in [0.15, 0.2) is 83.6 Å². The number of pyridine rings is 1. The number of sulfonamides is 1. The van der Waals surface area contributed by atoms with Crippen molar-refractivity contribution in [1.82, 2.24) is 25.4 Å². The molecule has 1 aliphatic heterocycles. The topological polar surface area (TPSA) is 144 Å². The van der Waals surface area contributed by atoms with E-state index >= 15 is 4.39 Å². The highest BCUT2D eigenvalue weighted by molar-refractivity contribution is 7.92. The molecule has 13 heteroatoms. The fourth-order valence-corrected chi connectivity index (χ4v) is 6.77. The summed E-state index contributed by atoms with van der Waals surface area (Å²) in [5, 5.41) is 12.1. The van der Waals surface area contributed by atoms with Crippen LogP contribution in [0.25, 0.3) is 33.0 Å². The number of hydrogen-bond donors (Lipinski definition) is 3. The second-order valence-corrected chi connectivity index (χ2v) is 12.8. The van der Waals surface area contributed by atoms with Gasteiger partial charge in [-0.3, -0.25) is 4.72 Å². The highest BCUT2D eigenvalue weighted by Gasteiger charge is 2.23. The molecular weight excluding hydrogens is 609 g/mol. The maximum Gasteiger partial charge on any atom is 0.238 e. The van der Waals surface area contributed by atoms with E-state index in [1.54, 1.807) is 67.0 Å². The third-order valence-electron chi connectivity index (χ3n) is 7.87. The van der Waals surface area contributed by atoms with Gasteiger partial charge in [-0.2, -0.15) is 0 Å². The average Bonchev–Trinajstić information content (AvgIpc) is 3.46. The lowest BCUT2D eigenvalue weighted by molar-refractivity contribution is 0.448. The maximum absolute atomic E-state index is 15.3. The summed E-state index contributed by atoms with van der Waals surface area (Å²) in [5.74, 6) is -0.0381. The van der Waals surface area contributed by atoms with E-state index in [9.17, 15) is 8.42 Å². The highest BCUT2D eigenvalue weighted by Crippen LogP contribution is 2.40. The molecule has 1 saturated heterocycles. The van der Waals surface area contributed by atoms with Crippen LogP contribution in [0.3, 0.4) is 0 Å². The van der Waals surface area contributed by atoms with Gasteiger partial charge in [0.15, 0.2) is 5.58 Å². The van der Waals surface area contributed by atoms with E-state index in [2.05, 4.69) is 30.5 Å². The minimum absolute atomic E-state index is 0.194. The van der Waals surface area contributed by atoms with Crippen LogP contribution in [-0.4, -0.2) is 47.7 Å². The van der Waals surface area contributed by atoms with Gasteiger partial charge in [0, 0.05) is 41.1 Å². The van der Waals surface area contributed by atoms with Crippen LogP contribution in [0.4, 0.5) is 16.0 Å². The van der Waals surface area contributed by atoms with Crippen molar-refractivity contribution in [3.8, 4) is 22.9 Å². The molecule has 0 spiro atoms. The second kappa shape index (κ2) is 12.3. The Morgan fingerprint density at radius 1 is 1.00 bits per heavy atom. The van der Waals surface area contributed by atoms with Gasteiger partial charge in [-0.05, 0) is 74.3 Å². The Kier molecular flexibility index (Phi) is 7.93. The van der Waals surface area contributed by atoms with E-state index in [4.69, 9.17) is 14.2 Å². The Labute approximate surface area is 264 Å². The molecule has 3 aromatic carbocycles. The third kappa shape index (κ3) is 6.06. The van der Waals surface area contributed by atoms with Gasteiger partial charge in [0.05, 0.1) is 16.9 Å². The van der Waals surface area contributed by atoms with Crippen LogP contribution in [0.5, 0.6) is 11.6 Å². The fraction of sp³-hybridized carbons (Fsp3) is 0.212. The summed E-state index contributed by atoms with van der Waals surface area (Å²) < 4.78 is 56.0. The molecule has 0 bridgehead atoms. The molecule has 6 aromatic rings. The van der Waals surface area contributed by atoms with Crippen LogP contribution in [0.2, 0.25) is 0 Å². The number of aryl methyl sites for hydroxylation is 1. The van der Waals surface area contributed by atoms with E-state index in [0.717, 1.165) is 31.5 Å². The molecule has 0 saturated carbocycles. The first kappa shape index (κ1) is 29.6. The van der Waals surface area contributed by atoms with E-state index in [1.807, 2.05) is 13.0 Å². The number of anilines is 2. The molecule has 7 rings (SSSR count). The fourth-order valence-electron chi connectivity index (χ4n) is 5.61. The summed E-state index contributed by atoms with van der Waals surface area (Å²) in [5.41, 5.74) is 2.49. The molecule has 1 aliphatic rings. The number of aromatic nitrogens is 4. The first-order chi connectivity index (χ1) is 22.3. The lowest BCUT2D eigenvalue weighted by Crippen LogP contribution is -2.38. The van der Waals surface area contributed by atoms with Crippen LogP contribution >= 0.6 is 0 Å². The molecule has 0 unspecified atom stereocenters. The zero-order chi connectivity index (χ0) is 31.7. The van der Waals surface area contributed by atoms with Gasteiger partial charge in [0.25, 0.3) is 0 Å². The Morgan fingerprint density at radius 3 is 2.74 bits per heavy atom. The lowest BCUT2D eigenvalue weighted by Gasteiger charge is -2.23. The van der Waals surface area contributed by atoms with Crippen LogP contribution in [0.1, 0.15) is 24.1 Å². The Balaban J connectivity index is 1.20. The van der Waals surface area contributed by atoms with Crippen molar-refractivity contribution >= 4 is 43.4 Å². The first-order valence-corrected chi connectivity index (χ1v) is 16.5. The number of ether oxygens (including phenoxy) is 1. The Morgan fingerprint density at radius 2 is 1.87 bits per heavy atom. The molecule has 0 radical (unpaired) electrons. The predicted octanol–water partition coefficient (Wildman–Crippen LogP) is 6.18. The molecule has 3 N–H and O–H groups in total. The van der Waals surface area contributed by atoms with Gasteiger partial charge >= 0.3 is 0 Å². The van der Waals surface area contributed by atoms with Crippen molar-refractivity contribution in [2.45, 2.75) is 31.6 Å². The van der Waals surface area contributed by atoms with Gasteiger partial charge in [0.1, 0.15) is 23.0 Å². The minimum Gasteiger partial charge on any atom is -0.437 e. The van der Waals surface area contributed by atoms with Gasteiger partial charge in [-0.1, -0.05) is 29.4 Å². The van der Waals surface area contributed by atoms with E-state index < -0.39 is 21.6 Å². The summed E-state index contributed by atoms with van der Waals surface area (Å²) in [7, 11) is -4.09. The Hall–Kier alpha value is -5.14. The number of hydrogen-bond acceptors (Lipinski definition) is 10. The smallest absolute Gasteiger partial charge is 0.238 e. The quantitative estimate of drug-likeness (QED) is 0.168. The zero-order valence-corrected chi connectivity index (χ0v) is 25.6. The minimum atomic E-state index is -4.09. The predicted molar refractivity (Wildman–Crippen MR) is 174 cm³/mol. The summed E-state index contributed by atoms with van der Waals surface area (Å²) in [4.78, 5) is 13.6. The van der Waals surface area contributed by atoms with E-state index in [-0.39, 0.29) is 23.3 Å². The normalized spacial score (nSPS) is 15.2. The number of benzene rings is 3. The van der Waals surface area contributed by atoms with Gasteiger partial charge < -0.3 is 19.9 Å². The molecular formula is C33H30FN7O4S. The molecule has 11 nitrogen and oxygen atoms in total. The van der Waals surface area contributed by atoms with E-state index in [0.29, 0.717) is 44.7 Å². The van der Waals surface area contributed by atoms with Crippen molar-refractivity contribution in [3.63, 3.8) is 0 Å². The molecule has 1 atom stereocenters. The number of halogens is 1. The summed E-state index contributed by atoms with van der Waals surface area (Å²) in [6, 6.07) is 18.8. The van der Waals surface area contributed by atoms with Crippen molar-refractivity contribution in [2.75, 3.05) is 23.1 Å². The molecule has 1 fully saturated rings.